The highest BCUT2D eigenvalue weighted by Crippen LogP contribution is 2.28. The van der Waals surface area contributed by atoms with Crippen LogP contribution >= 0.6 is 12.2 Å². The lowest BCUT2D eigenvalue weighted by Gasteiger charge is -2.12. The predicted octanol–water partition coefficient (Wildman–Crippen LogP) is 1.52. The molecule has 1 rings (SSSR count). The molecular formula is C7H8OS. The van der Waals surface area contributed by atoms with Crippen molar-refractivity contribution in [1.29, 1.82) is 0 Å². The molecule has 1 aliphatic rings. The number of allylic oxidation sites excluding steroid dienone is 2. The number of hydrogen-bond acceptors (Lipinski definition) is 2. The van der Waals surface area contributed by atoms with E-state index in [4.69, 9.17) is 12.2 Å². The fraction of sp³-hybridized carbons (Fsp3) is 0.429. The summed E-state index contributed by atoms with van der Waals surface area (Å²) in [5.74, 6) is 0. The molecule has 9 heavy (non-hydrogen) atoms. The highest BCUT2D eigenvalue weighted by Gasteiger charge is 2.27. The van der Waals surface area contributed by atoms with Gasteiger partial charge < -0.3 is 4.79 Å². The fourth-order valence-corrected chi connectivity index (χ4v) is 1.16. The Balaban J connectivity index is 2.71. The van der Waals surface area contributed by atoms with Gasteiger partial charge in [0.2, 0.25) is 0 Å². The van der Waals surface area contributed by atoms with Gasteiger partial charge in [-0.3, -0.25) is 0 Å². The average molecular weight is 140 g/mol. The lowest BCUT2D eigenvalue weighted by Crippen LogP contribution is -2.18. The zero-order chi connectivity index (χ0) is 6.74. The van der Waals surface area contributed by atoms with E-state index in [9.17, 15) is 4.79 Å². The van der Waals surface area contributed by atoms with Crippen LogP contribution in [-0.2, 0) is 4.79 Å². The lowest BCUT2D eigenvalue weighted by molar-refractivity contribution is -0.112. The van der Waals surface area contributed by atoms with E-state index in [-0.39, 0.29) is 5.41 Å². The van der Waals surface area contributed by atoms with Crippen molar-refractivity contribution in [2.45, 2.75) is 12.8 Å². The molecule has 2 heteroatoms. The van der Waals surface area contributed by atoms with Crippen molar-refractivity contribution >= 4 is 23.9 Å². The minimum atomic E-state index is -0.324. The van der Waals surface area contributed by atoms with Crippen molar-refractivity contribution in [2.75, 3.05) is 0 Å². The van der Waals surface area contributed by atoms with Gasteiger partial charge >= 0.3 is 0 Å². The second-order valence-electron chi connectivity index (χ2n) is 2.35. The molecule has 1 nitrogen and oxygen atoms in total. The van der Waals surface area contributed by atoms with Gasteiger partial charge in [0.25, 0.3) is 0 Å². The molecule has 0 saturated carbocycles. The van der Waals surface area contributed by atoms with E-state index in [0.717, 1.165) is 19.1 Å². The van der Waals surface area contributed by atoms with E-state index < -0.39 is 0 Å². The van der Waals surface area contributed by atoms with Crippen LogP contribution in [0.4, 0.5) is 0 Å². The smallest absolute Gasteiger partial charge is 0.131 e. The third-order valence-electron chi connectivity index (χ3n) is 1.63. The molecule has 0 aromatic rings. The minimum Gasteiger partial charge on any atom is -0.302 e. The lowest BCUT2D eigenvalue weighted by atomic mass is 9.90. The van der Waals surface area contributed by atoms with E-state index in [2.05, 4.69) is 0 Å². The van der Waals surface area contributed by atoms with Gasteiger partial charge in [-0.2, -0.15) is 0 Å². The van der Waals surface area contributed by atoms with Crippen LogP contribution in [-0.4, -0.2) is 11.7 Å². The Morgan fingerprint density at radius 3 is 2.22 bits per heavy atom. The number of carbonyl (C=O) groups is 1. The van der Waals surface area contributed by atoms with Gasteiger partial charge in [-0.1, -0.05) is 24.4 Å². The summed E-state index contributed by atoms with van der Waals surface area (Å²) in [5, 5.41) is 1.57. The Hall–Kier alpha value is -0.500. The van der Waals surface area contributed by atoms with Crippen LogP contribution in [0.2, 0.25) is 0 Å². The number of aldehydes is 1. The molecule has 0 spiro atoms. The maximum absolute atomic E-state index is 10.4. The van der Waals surface area contributed by atoms with Crippen LogP contribution in [0.15, 0.2) is 12.2 Å². The van der Waals surface area contributed by atoms with Crippen molar-refractivity contribution in [3.63, 3.8) is 0 Å². The first-order chi connectivity index (χ1) is 4.33. The summed E-state index contributed by atoms with van der Waals surface area (Å²) < 4.78 is 0. The highest BCUT2D eigenvalue weighted by molar-refractivity contribution is 7.79. The largest absolute Gasteiger partial charge is 0.302 e. The summed E-state index contributed by atoms with van der Waals surface area (Å²) in [6.45, 7) is 0. The normalized spacial score (nSPS) is 21.8. The summed E-state index contributed by atoms with van der Waals surface area (Å²) in [6, 6.07) is 0. The van der Waals surface area contributed by atoms with Crippen LogP contribution in [0.25, 0.3) is 0 Å². The molecule has 0 bridgehead atoms. The first kappa shape index (κ1) is 6.62. The van der Waals surface area contributed by atoms with Gasteiger partial charge in [-0.05, 0) is 18.2 Å². The van der Waals surface area contributed by atoms with E-state index >= 15 is 0 Å². The van der Waals surface area contributed by atoms with Gasteiger partial charge in [0, 0.05) is 0 Å². The molecule has 48 valence electrons. The molecular weight excluding hydrogens is 132 g/mol. The SMILES string of the molecule is O=CC1(C=S)CC=CC1. The fourth-order valence-electron chi connectivity index (χ4n) is 0.909. The summed E-state index contributed by atoms with van der Waals surface area (Å²) in [7, 11) is 0. The Morgan fingerprint density at radius 1 is 1.44 bits per heavy atom. The van der Waals surface area contributed by atoms with Gasteiger partial charge in [0.05, 0.1) is 5.41 Å². The molecule has 0 heterocycles. The van der Waals surface area contributed by atoms with E-state index in [0.29, 0.717) is 0 Å². The summed E-state index contributed by atoms with van der Waals surface area (Å²) in [5.41, 5.74) is -0.324. The van der Waals surface area contributed by atoms with Gasteiger partial charge in [0.15, 0.2) is 0 Å². The molecule has 0 aromatic carbocycles. The first-order valence-corrected chi connectivity index (χ1v) is 3.38. The molecule has 0 saturated heterocycles. The van der Waals surface area contributed by atoms with Crippen molar-refractivity contribution in [2.24, 2.45) is 5.41 Å². The number of carbonyl (C=O) groups excluding carboxylic acids is 1. The maximum atomic E-state index is 10.4. The number of thiocarbonyl (C=S) groups is 1. The van der Waals surface area contributed by atoms with Crippen molar-refractivity contribution < 1.29 is 4.79 Å². The van der Waals surface area contributed by atoms with Crippen LogP contribution in [0.5, 0.6) is 0 Å². The summed E-state index contributed by atoms with van der Waals surface area (Å²) in [6.07, 6.45) is 6.52. The molecule has 0 amide bonds. The monoisotopic (exact) mass is 140 g/mol. The Bertz CT molecular complexity index is 142. The second-order valence-corrected chi connectivity index (χ2v) is 2.58. The van der Waals surface area contributed by atoms with Crippen molar-refractivity contribution in [3.8, 4) is 0 Å². The number of rotatable bonds is 2. The van der Waals surface area contributed by atoms with Gasteiger partial charge in [-0.15, -0.1) is 0 Å². The Morgan fingerprint density at radius 2 is 2.00 bits per heavy atom. The maximum Gasteiger partial charge on any atom is 0.131 e. The average Bonchev–Trinajstić information content (AvgIpc) is 2.36. The Kier molecular flexibility index (Phi) is 1.76. The highest BCUT2D eigenvalue weighted by atomic mass is 32.1. The predicted molar refractivity (Wildman–Crippen MR) is 40.5 cm³/mol. The molecule has 0 aromatic heterocycles. The van der Waals surface area contributed by atoms with E-state index in [1.807, 2.05) is 12.2 Å². The van der Waals surface area contributed by atoms with Crippen LogP contribution < -0.4 is 0 Å². The summed E-state index contributed by atoms with van der Waals surface area (Å²) >= 11 is 4.73. The molecule has 0 atom stereocenters. The van der Waals surface area contributed by atoms with E-state index in [1.165, 1.54) is 0 Å². The molecule has 0 N–H and O–H groups in total. The third kappa shape index (κ3) is 1.08. The van der Waals surface area contributed by atoms with E-state index in [1.54, 1.807) is 5.37 Å². The quantitative estimate of drug-likeness (QED) is 0.328. The first-order valence-electron chi connectivity index (χ1n) is 2.91. The topological polar surface area (TPSA) is 17.1 Å². The van der Waals surface area contributed by atoms with Gasteiger partial charge in [-0.25, -0.2) is 0 Å². The molecule has 1 aliphatic carbocycles. The van der Waals surface area contributed by atoms with Crippen LogP contribution in [0.3, 0.4) is 0 Å². The minimum absolute atomic E-state index is 0.324. The number of hydrogen-bond donors (Lipinski definition) is 0. The molecule has 0 aliphatic heterocycles. The second kappa shape index (κ2) is 2.40. The zero-order valence-electron chi connectivity index (χ0n) is 5.04. The molecule has 0 fully saturated rings. The zero-order valence-corrected chi connectivity index (χ0v) is 5.86. The van der Waals surface area contributed by atoms with Crippen molar-refractivity contribution in [1.82, 2.24) is 0 Å². The molecule has 0 unspecified atom stereocenters. The molecule has 0 radical (unpaired) electrons. The van der Waals surface area contributed by atoms with Gasteiger partial charge in [0.1, 0.15) is 6.29 Å². The standard InChI is InChI=1S/C7H8OS/c8-5-7(6-9)3-1-2-4-7/h1-2,5-6H,3-4H2. The summed E-state index contributed by atoms with van der Waals surface area (Å²) in [4.78, 5) is 10.4. The van der Waals surface area contributed by atoms with Crippen molar-refractivity contribution in [3.05, 3.63) is 12.2 Å². The van der Waals surface area contributed by atoms with Crippen LogP contribution in [0, 0.1) is 5.41 Å². The van der Waals surface area contributed by atoms with Crippen LogP contribution in [0.1, 0.15) is 12.8 Å². The Labute approximate surface area is 59.8 Å². The third-order valence-corrected chi connectivity index (χ3v) is 2.10.